The number of nitrogens with one attached hydrogen (secondary N) is 1. The van der Waals surface area contributed by atoms with Crippen LogP contribution in [0.5, 0.6) is 0 Å². The van der Waals surface area contributed by atoms with Crippen molar-refractivity contribution in [3.05, 3.63) is 35.4 Å². The first-order valence-corrected chi connectivity index (χ1v) is 5.42. The van der Waals surface area contributed by atoms with Crippen molar-refractivity contribution in [2.75, 3.05) is 0 Å². The highest BCUT2D eigenvalue weighted by atomic mass is 16.2. The minimum absolute atomic E-state index is 0.230. The fourth-order valence-electron chi connectivity index (χ4n) is 2.46. The van der Waals surface area contributed by atoms with Gasteiger partial charge in [-0.1, -0.05) is 24.3 Å². The van der Waals surface area contributed by atoms with Gasteiger partial charge < -0.3 is 0 Å². The normalized spacial score (nSPS) is 19.8. The van der Waals surface area contributed by atoms with Gasteiger partial charge >= 0.3 is 17.8 Å². The van der Waals surface area contributed by atoms with E-state index in [0.717, 1.165) is 16.0 Å². The minimum atomic E-state index is -0.828. The number of benzene rings is 1. The standard InChI is InChI=1S/C12H10N2O3/c15-10-11(16)14(12(17)13-10)9-5-7-3-1-2-4-8(7)6-9/h1-4,9H,5-6H2,(H,13,15,17). The molecule has 1 saturated heterocycles. The number of hydrogen-bond donors (Lipinski definition) is 1. The van der Waals surface area contributed by atoms with Gasteiger partial charge in [-0.3, -0.25) is 19.8 Å². The van der Waals surface area contributed by atoms with Crippen LogP contribution in [-0.2, 0) is 22.4 Å². The molecule has 1 aromatic carbocycles. The lowest BCUT2D eigenvalue weighted by Crippen LogP contribution is -2.41. The first kappa shape index (κ1) is 10.0. The number of hydrogen-bond acceptors (Lipinski definition) is 3. The molecule has 0 saturated carbocycles. The van der Waals surface area contributed by atoms with E-state index in [-0.39, 0.29) is 6.04 Å². The third-order valence-corrected chi connectivity index (χ3v) is 3.25. The fourth-order valence-corrected chi connectivity index (χ4v) is 2.46. The largest absolute Gasteiger partial charge is 0.331 e. The van der Waals surface area contributed by atoms with Crippen molar-refractivity contribution in [2.24, 2.45) is 0 Å². The van der Waals surface area contributed by atoms with Crippen LogP contribution in [-0.4, -0.2) is 28.8 Å². The van der Waals surface area contributed by atoms with Gasteiger partial charge in [-0.2, -0.15) is 0 Å². The lowest BCUT2D eigenvalue weighted by atomic mass is 10.1. The van der Waals surface area contributed by atoms with E-state index in [4.69, 9.17) is 0 Å². The van der Waals surface area contributed by atoms with Crippen molar-refractivity contribution < 1.29 is 14.4 Å². The van der Waals surface area contributed by atoms with Gasteiger partial charge in [0, 0.05) is 0 Å². The molecule has 5 heteroatoms. The molecule has 2 aliphatic rings. The van der Waals surface area contributed by atoms with Crippen molar-refractivity contribution in [1.82, 2.24) is 10.2 Å². The lowest BCUT2D eigenvalue weighted by Gasteiger charge is -2.18. The highest BCUT2D eigenvalue weighted by molar-refractivity contribution is 6.44. The Hall–Kier alpha value is -2.17. The third-order valence-electron chi connectivity index (χ3n) is 3.25. The van der Waals surface area contributed by atoms with Crippen LogP contribution in [0.4, 0.5) is 4.79 Å². The van der Waals surface area contributed by atoms with E-state index >= 15 is 0 Å². The predicted octanol–water partition coefficient (Wildman–Crippen LogP) is 0.232. The minimum Gasteiger partial charge on any atom is -0.269 e. The molecule has 1 aliphatic heterocycles. The van der Waals surface area contributed by atoms with Gasteiger partial charge in [0.15, 0.2) is 0 Å². The van der Waals surface area contributed by atoms with Crippen LogP contribution in [0.15, 0.2) is 24.3 Å². The summed E-state index contributed by atoms with van der Waals surface area (Å²) in [4.78, 5) is 35.2. The van der Waals surface area contributed by atoms with Crippen molar-refractivity contribution in [1.29, 1.82) is 0 Å². The van der Waals surface area contributed by atoms with E-state index in [2.05, 4.69) is 0 Å². The van der Waals surface area contributed by atoms with Crippen LogP contribution in [0.25, 0.3) is 0 Å². The van der Waals surface area contributed by atoms with Crippen molar-refractivity contribution in [3.8, 4) is 0 Å². The fraction of sp³-hybridized carbons (Fsp3) is 0.250. The average Bonchev–Trinajstić information content (AvgIpc) is 2.81. The number of carbonyl (C=O) groups is 3. The summed E-state index contributed by atoms with van der Waals surface area (Å²) in [6.07, 6.45) is 1.26. The van der Waals surface area contributed by atoms with E-state index in [9.17, 15) is 14.4 Å². The summed E-state index contributed by atoms with van der Waals surface area (Å²) in [6, 6.07) is 6.99. The van der Waals surface area contributed by atoms with Crippen molar-refractivity contribution >= 4 is 17.8 Å². The second-order valence-corrected chi connectivity index (χ2v) is 4.27. The maximum Gasteiger partial charge on any atom is 0.331 e. The Bertz CT molecular complexity index is 513. The summed E-state index contributed by atoms with van der Waals surface area (Å²) in [5.74, 6) is -1.57. The first-order chi connectivity index (χ1) is 8.16. The zero-order chi connectivity index (χ0) is 12.0. The number of nitrogens with zero attached hydrogens (tertiary/aromatic N) is 1. The SMILES string of the molecule is O=C1NC(=O)N(C2Cc3ccccc3C2)C1=O. The molecule has 86 valence electrons. The summed E-state index contributed by atoms with van der Waals surface area (Å²) in [7, 11) is 0. The zero-order valence-electron chi connectivity index (χ0n) is 8.97. The van der Waals surface area contributed by atoms with Crippen LogP contribution in [0.1, 0.15) is 11.1 Å². The van der Waals surface area contributed by atoms with Gasteiger partial charge in [-0.25, -0.2) is 4.79 Å². The molecule has 4 amide bonds. The third kappa shape index (κ3) is 1.43. The molecule has 17 heavy (non-hydrogen) atoms. The molecule has 1 N–H and O–H groups in total. The van der Waals surface area contributed by atoms with Crippen LogP contribution in [0, 0.1) is 0 Å². The zero-order valence-corrected chi connectivity index (χ0v) is 8.97. The average molecular weight is 230 g/mol. The molecule has 0 radical (unpaired) electrons. The molecule has 5 nitrogen and oxygen atoms in total. The molecule has 0 aromatic heterocycles. The van der Waals surface area contributed by atoms with Crippen molar-refractivity contribution in [2.45, 2.75) is 18.9 Å². The van der Waals surface area contributed by atoms with E-state index in [1.807, 2.05) is 29.6 Å². The number of carbonyl (C=O) groups excluding carboxylic acids is 3. The van der Waals surface area contributed by atoms with E-state index in [1.54, 1.807) is 0 Å². The molecule has 3 rings (SSSR count). The molecule has 0 bridgehead atoms. The van der Waals surface area contributed by atoms with Gasteiger partial charge in [0.2, 0.25) is 0 Å². The van der Waals surface area contributed by atoms with Gasteiger partial charge in [-0.05, 0) is 24.0 Å². The Morgan fingerprint density at radius 3 is 2.12 bits per heavy atom. The molecule has 0 atom stereocenters. The Labute approximate surface area is 97.4 Å². The number of amides is 4. The van der Waals surface area contributed by atoms with E-state index < -0.39 is 17.8 Å². The Morgan fingerprint density at radius 1 is 1.06 bits per heavy atom. The number of fused-ring (bicyclic) bond motifs is 1. The summed E-state index contributed by atoms with van der Waals surface area (Å²) in [5.41, 5.74) is 2.27. The van der Waals surface area contributed by atoms with Gasteiger partial charge in [0.25, 0.3) is 0 Å². The quantitative estimate of drug-likeness (QED) is 0.555. The molecular weight excluding hydrogens is 220 g/mol. The molecular formula is C12H10N2O3. The lowest BCUT2D eigenvalue weighted by molar-refractivity contribution is -0.141. The Kier molecular flexibility index (Phi) is 2.01. The maximum atomic E-state index is 11.5. The predicted molar refractivity (Wildman–Crippen MR) is 58.0 cm³/mol. The smallest absolute Gasteiger partial charge is 0.269 e. The summed E-state index contributed by atoms with van der Waals surface area (Å²) in [6.45, 7) is 0. The molecule has 1 fully saturated rings. The molecule has 0 unspecified atom stereocenters. The second-order valence-electron chi connectivity index (χ2n) is 4.27. The number of rotatable bonds is 1. The van der Waals surface area contributed by atoms with Crippen LogP contribution < -0.4 is 5.32 Å². The number of imide groups is 2. The topological polar surface area (TPSA) is 66.5 Å². The highest BCUT2D eigenvalue weighted by Gasteiger charge is 2.43. The molecule has 1 heterocycles. The summed E-state index contributed by atoms with van der Waals surface area (Å²) >= 11 is 0. The highest BCUT2D eigenvalue weighted by Crippen LogP contribution is 2.26. The summed E-state index contributed by atoms with van der Waals surface area (Å²) in [5, 5.41) is 2.02. The van der Waals surface area contributed by atoms with Crippen molar-refractivity contribution in [3.63, 3.8) is 0 Å². The van der Waals surface area contributed by atoms with Gasteiger partial charge in [-0.15, -0.1) is 0 Å². The Balaban J connectivity index is 1.88. The monoisotopic (exact) mass is 230 g/mol. The van der Waals surface area contributed by atoms with E-state index in [0.29, 0.717) is 12.8 Å². The van der Waals surface area contributed by atoms with Gasteiger partial charge in [0.1, 0.15) is 0 Å². The van der Waals surface area contributed by atoms with Gasteiger partial charge in [0.05, 0.1) is 6.04 Å². The van der Waals surface area contributed by atoms with Crippen LogP contribution >= 0.6 is 0 Å². The summed E-state index contributed by atoms with van der Waals surface area (Å²) < 4.78 is 0. The van der Waals surface area contributed by atoms with Crippen LogP contribution in [0.2, 0.25) is 0 Å². The molecule has 0 spiro atoms. The number of urea groups is 1. The van der Waals surface area contributed by atoms with E-state index in [1.165, 1.54) is 0 Å². The molecule has 1 aliphatic carbocycles. The van der Waals surface area contributed by atoms with Crippen LogP contribution in [0.3, 0.4) is 0 Å². The molecule has 1 aromatic rings. The maximum absolute atomic E-state index is 11.5. The Morgan fingerprint density at radius 2 is 1.65 bits per heavy atom. The second kappa shape index (κ2) is 3.41. The first-order valence-electron chi connectivity index (χ1n) is 5.42.